The number of nitriles is 1. The highest BCUT2D eigenvalue weighted by Crippen LogP contribution is 2.24. The zero-order valence-electron chi connectivity index (χ0n) is 18.8. The Labute approximate surface area is 187 Å². The summed E-state index contributed by atoms with van der Waals surface area (Å²) in [6.45, 7) is 7.77. The van der Waals surface area contributed by atoms with Gasteiger partial charge in [-0.1, -0.05) is 6.07 Å². The van der Waals surface area contributed by atoms with Crippen LogP contribution < -0.4 is 5.32 Å². The summed E-state index contributed by atoms with van der Waals surface area (Å²) in [4.78, 5) is 24.4. The summed E-state index contributed by atoms with van der Waals surface area (Å²) < 4.78 is 6.75. The van der Waals surface area contributed by atoms with Crippen LogP contribution in [0.4, 0.5) is 5.69 Å². The molecule has 0 saturated carbocycles. The Balaban J connectivity index is 1.91. The van der Waals surface area contributed by atoms with Gasteiger partial charge in [0.2, 0.25) is 0 Å². The number of hydrogen-bond donors (Lipinski definition) is 1. The largest absolute Gasteiger partial charge is 0.465 e. The smallest absolute Gasteiger partial charge is 0.337 e. The monoisotopic (exact) mass is 427 g/mol. The van der Waals surface area contributed by atoms with E-state index in [9.17, 15) is 14.9 Å². The molecule has 0 saturated heterocycles. The first kappa shape index (κ1) is 22.6. The summed E-state index contributed by atoms with van der Waals surface area (Å²) in [5.74, 6) is -0.848. The molecule has 1 amide bonds. The van der Waals surface area contributed by atoms with Crippen LogP contribution in [0.25, 0.3) is 11.8 Å². The van der Waals surface area contributed by atoms with Crippen molar-refractivity contribution < 1.29 is 14.3 Å². The number of nitrogens with one attached hydrogen (secondary N) is 1. The Morgan fingerprint density at radius 2 is 1.62 bits per heavy atom. The number of benzene rings is 2. The number of hydrogen-bond acceptors (Lipinski definition) is 4. The Kier molecular flexibility index (Phi) is 6.60. The fourth-order valence-corrected chi connectivity index (χ4v) is 3.74. The van der Waals surface area contributed by atoms with E-state index in [0.717, 1.165) is 33.8 Å². The van der Waals surface area contributed by atoms with Crippen molar-refractivity contribution in [2.24, 2.45) is 0 Å². The molecule has 3 rings (SSSR count). The van der Waals surface area contributed by atoms with Crippen LogP contribution in [0.5, 0.6) is 0 Å². The number of aromatic nitrogens is 1. The van der Waals surface area contributed by atoms with Gasteiger partial charge in [0.1, 0.15) is 11.6 Å². The third kappa shape index (κ3) is 4.79. The lowest BCUT2D eigenvalue weighted by Crippen LogP contribution is -2.13. The molecule has 6 nitrogen and oxygen atoms in total. The number of esters is 1. The van der Waals surface area contributed by atoms with Crippen LogP contribution in [0, 0.1) is 39.0 Å². The molecule has 0 fully saturated rings. The molecule has 0 unspecified atom stereocenters. The highest BCUT2D eigenvalue weighted by molar-refractivity contribution is 6.09. The second-order valence-electron chi connectivity index (χ2n) is 7.70. The lowest BCUT2D eigenvalue weighted by atomic mass is 10.1. The van der Waals surface area contributed by atoms with Gasteiger partial charge >= 0.3 is 5.97 Å². The average Bonchev–Trinajstić information content (AvgIpc) is 3.03. The fourth-order valence-electron chi connectivity index (χ4n) is 3.74. The van der Waals surface area contributed by atoms with E-state index in [0.29, 0.717) is 11.3 Å². The molecule has 0 aliphatic rings. The van der Waals surface area contributed by atoms with Crippen molar-refractivity contribution >= 4 is 23.6 Å². The Morgan fingerprint density at radius 1 is 1.00 bits per heavy atom. The minimum atomic E-state index is -0.454. The van der Waals surface area contributed by atoms with E-state index in [1.807, 2.05) is 74.7 Å². The van der Waals surface area contributed by atoms with Crippen molar-refractivity contribution in [1.29, 1.82) is 5.26 Å². The number of rotatable bonds is 5. The first-order valence-corrected chi connectivity index (χ1v) is 10.1. The van der Waals surface area contributed by atoms with Crippen LogP contribution >= 0.6 is 0 Å². The first-order valence-electron chi connectivity index (χ1n) is 10.1. The third-order valence-electron chi connectivity index (χ3n) is 5.16. The van der Waals surface area contributed by atoms with Crippen LogP contribution in [0.2, 0.25) is 0 Å². The van der Waals surface area contributed by atoms with Crippen molar-refractivity contribution in [2.45, 2.75) is 27.7 Å². The van der Waals surface area contributed by atoms with E-state index in [4.69, 9.17) is 4.74 Å². The molecule has 1 N–H and O–H groups in total. The quantitative estimate of drug-likeness (QED) is 0.351. The first-order chi connectivity index (χ1) is 15.2. The van der Waals surface area contributed by atoms with Crippen LogP contribution in [-0.2, 0) is 9.53 Å². The molecule has 3 aromatic rings. The third-order valence-corrected chi connectivity index (χ3v) is 5.16. The predicted octanol–water partition coefficient (Wildman–Crippen LogP) is 5.04. The maximum Gasteiger partial charge on any atom is 0.337 e. The topological polar surface area (TPSA) is 84.1 Å². The Morgan fingerprint density at radius 3 is 2.19 bits per heavy atom. The van der Waals surface area contributed by atoms with Gasteiger partial charge in [-0.2, -0.15) is 5.26 Å². The molecule has 162 valence electrons. The van der Waals surface area contributed by atoms with E-state index in [2.05, 4.69) is 5.32 Å². The number of nitrogens with zero attached hydrogens (tertiary/aromatic N) is 2. The standard InChI is InChI=1S/C26H25N3O3/c1-16-10-17(2)12-23(11-16)28-25(30)22(15-27)14-21-13-18(3)29(19(21)4)24-8-6-20(7-9-24)26(31)32-5/h6-14H,1-5H3,(H,28,30)/b22-14+. The van der Waals surface area contributed by atoms with Crippen molar-refractivity contribution in [3.63, 3.8) is 0 Å². The normalized spacial score (nSPS) is 11.1. The maximum absolute atomic E-state index is 12.7. The molecule has 1 heterocycles. The van der Waals surface area contributed by atoms with Crippen LogP contribution in [0.3, 0.4) is 0 Å². The predicted molar refractivity (Wildman–Crippen MR) is 125 cm³/mol. The van der Waals surface area contributed by atoms with Gasteiger partial charge in [0.05, 0.1) is 12.7 Å². The van der Waals surface area contributed by atoms with E-state index >= 15 is 0 Å². The zero-order chi connectivity index (χ0) is 23.4. The zero-order valence-corrected chi connectivity index (χ0v) is 18.8. The molecule has 0 aliphatic carbocycles. The fraction of sp³-hybridized carbons (Fsp3) is 0.192. The number of methoxy groups -OCH3 is 1. The summed E-state index contributed by atoms with van der Waals surface area (Å²) in [7, 11) is 1.35. The number of carbonyl (C=O) groups is 2. The summed E-state index contributed by atoms with van der Waals surface area (Å²) in [5.41, 5.74) is 6.65. The van der Waals surface area contributed by atoms with Gasteiger partial charge in [0.25, 0.3) is 5.91 Å². The second-order valence-corrected chi connectivity index (χ2v) is 7.70. The van der Waals surface area contributed by atoms with Crippen LogP contribution in [0.1, 0.15) is 38.4 Å². The van der Waals surface area contributed by atoms with Crippen molar-refractivity contribution in [3.8, 4) is 11.8 Å². The van der Waals surface area contributed by atoms with Gasteiger partial charge in [-0.05, 0) is 92.9 Å². The molecule has 32 heavy (non-hydrogen) atoms. The molecule has 0 atom stereocenters. The van der Waals surface area contributed by atoms with Gasteiger partial charge in [0.15, 0.2) is 0 Å². The SMILES string of the molecule is COC(=O)c1ccc(-n2c(C)cc(/C=C(\C#N)C(=O)Nc3cc(C)cc(C)c3)c2C)cc1. The number of amides is 1. The van der Waals surface area contributed by atoms with E-state index in [1.54, 1.807) is 18.2 Å². The minimum Gasteiger partial charge on any atom is -0.465 e. The molecular formula is C26H25N3O3. The molecule has 6 heteroatoms. The van der Waals surface area contributed by atoms with Crippen LogP contribution in [0.15, 0.2) is 54.1 Å². The summed E-state index contributed by atoms with van der Waals surface area (Å²) >= 11 is 0. The summed E-state index contributed by atoms with van der Waals surface area (Å²) in [5, 5.41) is 12.4. The second kappa shape index (κ2) is 9.36. The van der Waals surface area contributed by atoms with Crippen molar-refractivity contribution in [2.75, 3.05) is 12.4 Å². The van der Waals surface area contributed by atoms with Gasteiger partial charge in [-0.25, -0.2) is 4.79 Å². The summed E-state index contributed by atoms with van der Waals surface area (Å²) in [6.07, 6.45) is 1.60. The molecule has 0 bridgehead atoms. The lowest BCUT2D eigenvalue weighted by Gasteiger charge is -2.10. The van der Waals surface area contributed by atoms with Gasteiger partial charge in [-0.15, -0.1) is 0 Å². The molecular weight excluding hydrogens is 402 g/mol. The van der Waals surface area contributed by atoms with Crippen LogP contribution in [-0.4, -0.2) is 23.6 Å². The number of aryl methyl sites for hydroxylation is 3. The van der Waals surface area contributed by atoms with Gasteiger partial charge in [0, 0.05) is 22.8 Å². The molecule has 0 aliphatic heterocycles. The van der Waals surface area contributed by atoms with Gasteiger partial charge < -0.3 is 14.6 Å². The number of ether oxygens (including phenoxy) is 1. The maximum atomic E-state index is 12.7. The molecule has 2 aromatic carbocycles. The number of anilines is 1. The van der Waals surface area contributed by atoms with Crippen molar-refractivity contribution in [3.05, 3.63) is 87.7 Å². The molecule has 1 aromatic heterocycles. The number of carbonyl (C=O) groups excluding carboxylic acids is 2. The summed E-state index contributed by atoms with van der Waals surface area (Å²) in [6, 6.07) is 16.7. The van der Waals surface area contributed by atoms with Gasteiger partial charge in [-0.3, -0.25) is 4.79 Å². The molecule has 0 radical (unpaired) electrons. The highest BCUT2D eigenvalue weighted by atomic mass is 16.5. The average molecular weight is 428 g/mol. The van der Waals surface area contributed by atoms with E-state index in [1.165, 1.54) is 7.11 Å². The highest BCUT2D eigenvalue weighted by Gasteiger charge is 2.15. The van der Waals surface area contributed by atoms with E-state index < -0.39 is 11.9 Å². The molecule has 0 spiro atoms. The van der Waals surface area contributed by atoms with Crippen molar-refractivity contribution in [1.82, 2.24) is 4.57 Å². The lowest BCUT2D eigenvalue weighted by molar-refractivity contribution is -0.112. The van der Waals surface area contributed by atoms with E-state index in [-0.39, 0.29) is 5.57 Å². The Bertz CT molecular complexity index is 1240. The Hall–Kier alpha value is -4.11. The minimum absolute atomic E-state index is 0.0189.